The van der Waals surface area contributed by atoms with E-state index in [1.54, 1.807) is 6.07 Å². The quantitative estimate of drug-likeness (QED) is 0.579. The molecule has 0 aliphatic rings. The lowest BCUT2D eigenvalue weighted by Gasteiger charge is -2.13. The van der Waals surface area contributed by atoms with Crippen molar-refractivity contribution in [2.24, 2.45) is 0 Å². The summed E-state index contributed by atoms with van der Waals surface area (Å²) in [4.78, 5) is 12.2. The van der Waals surface area contributed by atoms with Gasteiger partial charge >= 0.3 is 6.36 Å². The van der Waals surface area contributed by atoms with E-state index in [1.165, 1.54) is 12.1 Å². The van der Waals surface area contributed by atoms with Crippen LogP contribution in [0.3, 0.4) is 0 Å². The van der Waals surface area contributed by atoms with E-state index in [-0.39, 0.29) is 31.8 Å². The topological polar surface area (TPSA) is 59.7 Å². The van der Waals surface area contributed by atoms with Crippen LogP contribution in [0.25, 0.3) is 22.3 Å². The Balaban J connectivity index is 2.17. The Morgan fingerprint density at radius 3 is 2.60 bits per heavy atom. The molecule has 0 radical (unpaired) electrons. The van der Waals surface area contributed by atoms with Gasteiger partial charge in [0, 0.05) is 12.1 Å². The minimum absolute atomic E-state index is 0.000296. The van der Waals surface area contributed by atoms with Crippen LogP contribution >= 0.6 is 27.5 Å². The Bertz CT molecular complexity index is 1030. The van der Waals surface area contributed by atoms with Crippen molar-refractivity contribution in [2.75, 3.05) is 0 Å². The molecule has 130 valence electrons. The predicted molar refractivity (Wildman–Crippen MR) is 89.0 cm³/mol. The van der Waals surface area contributed by atoms with Gasteiger partial charge in [-0.3, -0.25) is 4.79 Å². The lowest BCUT2D eigenvalue weighted by Crippen LogP contribution is -2.17. The maximum absolute atomic E-state index is 12.3. The Morgan fingerprint density at radius 2 is 1.92 bits per heavy atom. The van der Waals surface area contributed by atoms with Gasteiger partial charge in [-0.25, -0.2) is 0 Å². The third-order valence-electron chi connectivity index (χ3n) is 3.25. The highest BCUT2D eigenvalue weighted by atomic mass is 79.9. The molecule has 9 heteroatoms. The van der Waals surface area contributed by atoms with Crippen LogP contribution in [0.2, 0.25) is 5.02 Å². The molecule has 0 spiro atoms. The molecule has 0 fully saturated rings. The number of phenols is 1. The average Bonchev–Trinajstić information content (AvgIpc) is 2.50. The minimum atomic E-state index is -4.92. The van der Waals surface area contributed by atoms with Gasteiger partial charge < -0.3 is 14.3 Å². The summed E-state index contributed by atoms with van der Waals surface area (Å²) in [5.41, 5.74) is -0.303. The van der Waals surface area contributed by atoms with Gasteiger partial charge in [0.15, 0.2) is 11.0 Å². The van der Waals surface area contributed by atoms with Crippen LogP contribution in [-0.2, 0) is 0 Å². The molecule has 2 aromatic carbocycles. The van der Waals surface area contributed by atoms with E-state index in [2.05, 4.69) is 20.7 Å². The standard InChI is InChI=1S/C16H7BrClF3O4/c17-9-4-8(12(23)6-14(9)25-16(19,20)21)13-5-11(22)7-2-1-3-10(18)15(7)24-13/h1-6,23H. The molecule has 0 aliphatic carbocycles. The van der Waals surface area contributed by atoms with Crippen molar-refractivity contribution < 1.29 is 27.4 Å². The lowest BCUT2D eigenvalue weighted by atomic mass is 10.1. The third-order valence-corrected chi connectivity index (χ3v) is 4.17. The molecule has 0 unspecified atom stereocenters. The molecule has 3 rings (SSSR count). The van der Waals surface area contributed by atoms with Crippen molar-refractivity contribution in [3.05, 3.63) is 56.1 Å². The summed E-state index contributed by atoms with van der Waals surface area (Å²) in [5.74, 6) is -1.24. The summed E-state index contributed by atoms with van der Waals surface area (Å²) in [6.45, 7) is 0. The first kappa shape index (κ1) is 17.6. The molecular formula is C16H7BrClF3O4. The zero-order valence-corrected chi connectivity index (χ0v) is 14.4. The maximum atomic E-state index is 12.3. The van der Waals surface area contributed by atoms with Gasteiger partial charge in [0.25, 0.3) is 0 Å². The lowest BCUT2D eigenvalue weighted by molar-refractivity contribution is -0.274. The summed E-state index contributed by atoms with van der Waals surface area (Å²) in [6.07, 6.45) is -4.92. The molecule has 1 N–H and O–H groups in total. The van der Waals surface area contributed by atoms with Crippen LogP contribution < -0.4 is 10.2 Å². The van der Waals surface area contributed by atoms with Gasteiger partial charge in [-0.1, -0.05) is 17.7 Å². The zero-order chi connectivity index (χ0) is 18.4. The van der Waals surface area contributed by atoms with Crippen LogP contribution in [-0.4, -0.2) is 11.5 Å². The summed E-state index contributed by atoms with van der Waals surface area (Å²) in [7, 11) is 0. The maximum Gasteiger partial charge on any atom is 0.573 e. The molecule has 0 saturated heterocycles. The van der Waals surface area contributed by atoms with Crippen LogP contribution in [0.4, 0.5) is 13.2 Å². The number of benzene rings is 2. The normalized spacial score (nSPS) is 11.7. The highest BCUT2D eigenvalue weighted by Crippen LogP contribution is 2.40. The van der Waals surface area contributed by atoms with Crippen LogP contribution in [0.1, 0.15) is 0 Å². The zero-order valence-electron chi connectivity index (χ0n) is 12.0. The molecule has 25 heavy (non-hydrogen) atoms. The number of rotatable bonds is 2. The van der Waals surface area contributed by atoms with Crippen molar-refractivity contribution in [2.45, 2.75) is 6.36 Å². The van der Waals surface area contributed by atoms with Gasteiger partial charge in [-0.05, 0) is 34.1 Å². The van der Waals surface area contributed by atoms with Crippen molar-refractivity contribution in [1.82, 2.24) is 0 Å². The fourth-order valence-electron chi connectivity index (χ4n) is 2.22. The van der Waals surface area contributed by atoms with Gasteiger partial charge in [-0.15, -0.1) is 13.2 Å². The fourth-order valence-corrected chi connectivity index (χ4v) is 2.86. The monoisotopic (exact) mass is 434 g/mol. The molecule has 1 aromatic heterocycles. The van der Waals surface area contributed by atoms with Crippen LogP contribution in [0, 0.1) is 0 Å². The molecule has 3 aromatic rings. The molecule has 0 amide bonds. The van der Waals surface area contributed by atoms with Crippen molar-refractivity contribution >= 4 is 38.5 Å². The first-order chi connectivity index (χ1) is 11.7. The average molecular weight is 436 g/mol. The Kier molecular flexibility index (Phi) is 4.42. The van der Waals surface area contributed by atoms with E-state index in [4.69, 9.17) is 16.0 Å². The molecule has 1 heterocycles. The van der Waals surface area contributed by atoms with E-state index in [0.29, 0.717) is 0 Å². The molecule has 4 nitrogen and oxygen atoms in total. The molecule has 0 atom stereocenters. The van der Waals surface area contributed by atoms with Gasteiger partial charge in [0.2, 0.25) is 0 Å². The summed E-state index contributed by atoms with van der Waals surface area (Å²) < 4.78 is 46.3. The van der Waals surface area contributed by atoms with E-state index < -0.39 is 23.3 Å². The number of aromatic hydroxyl groups is 1. The van der Waals surface area contributed by atoms with E-state index in [0.717, 1.165) is 18.2 Å². The first-order valence-corrected chi connectivity index (χ1v) is 7.84. The Morgan fingerprint density at radius 1 is 1.20 bits per heavy atom. The number of halogens is 5. The van der Waals surface area contributed by atoms with E-state index in [9.17, 15) is 23.1 Å². The van der Waals surface area contributed by atoms with Crippen molar-refractivity contribution in [1.29, 1.82) is 0 Å². The fraction of sp³-hybridized carbons (Fsp3) is 0.0625. The number of alkyl halides is 3. The van der Waals surface area contributed by atoms with Crippen molar-refractivity contribution in [3.8, 4) is 22.8 Å². The number of para-hydroxylation sites is 1. The van der Waals surface area contributed by atoms with E-state index >= 15 is 0 Å². The minimum Gasteiger partial charge on any atom is -0.507 e. The summed E-state index contributed by atoms with van der Waals surface area (Å²) >= 11 is 8.94. The van der Waals surface area contributed by atoms with Gasteiger partial charge in [0.05, 0.1) is 20.4 Å². The third kappa shape index (κ3) is 3.59. The number of phenolic OH excluding ortho intramolecular Hbond substituents is 1. The van der Waals surface area contributed by atoms with Gasteiger partial charge in [0.1, 0.15) is 17.3 Å². The second-order valence-electron chi connectivity index (χ2n) is 4.94. The second kappa shape index (κ2) is 6.27. The number of ether oxygens (including phenoxy) is 1. The summed E-state index contributed by atoms with van der Waals surface area (Å²) in [6, 6.07) is 7.66. The SMILES string of the molecule is O=c1cc(-c2cc(Br)c(OC(F)(F)F)cc2O)oc2c(Cl)cccc12. The van der Waals surface area contributed by atoms with Gasteiger partial charge in [-0.2, -0.15) is 0 Å². The second-order valence-corrected chi connectivity index (χ2v) is 6.20. The highest BCUT2D eigenvalue weighted by Gasteiger charge is 2.32. The number of hydrogen-bond acceptors (Lipinski definition) is 4. The van der Waals surface area contributed by atoms with E-state index in [1.807, 2.05) is 0 Å². The number of hydrogen-bond donors (Lipinski definition) is 1. The Hall–Kier alpha value is -2.19. The number of fused-ring (bicyclic) bond motifs is 1. The highest BCUT2D eigenvalue weighted by molar-refractivity contribution is 9.10. The smallest absolute Gasteiger partial charge is 0.507 e. The van der Waals surface area contributed by atoms with Crippen LogP contribution in [0.15, 0.2) is 50.1 Å². The first-order valence-electron chi connectivity index (χ1n) is 6.67. The predicted octanol–water partition coefficient (Wildman–Crippen LogP) is 5.48. The molecule has 0 bridgehead atoms. The summed E-state index contributed by atoms with van der Waals surface area (Å²) in [5, 5.41) is 10.5. The largest absolute Gasteiger partial charge is 0.573 e. The Labute approximate surface area is 151 Å². The molecular weight excluding hydrogens is 429 g/mol. The molecule has 0 aliphatic heterocycles. The van der Waals surface area contributed by atoms with Crippen molar-refractivity contribution in [3.63, 3.8) is 0 Å². The van der Waals surface area contributed by atoms with Crippen LogP contribution in [0.5, 0.6) is 11.5 Å². The molecule has 0 saturated carbocycles.